The summed E-state index contributed by atoms with van der Waals surface area (Å²) in [4.78, 5) is 2.54. The number of hydrogen-bond acceptors (Lipinski definition) is 2. The van der Waals surface area contributed by atoms with Crippen molar-refractivity contribution in [3.63, 3.8) is 0 Å². The van der Waals surface area contributed by atoms with Crippen molar-refractivity contribution in [1.29, 1.82) is 0 Å². The SMILES string of the molecule is Cc1cccc2c1N(C(C)c1ccccc1)CCNC2. The first-order chi connectivity index (χ1) is 9.77. The van der Waals surface area contributed by atoms with Crippen molar-refractivity contribution in [2.45, 2.75) is 26.4 Å². The summed E-state index contributed by atoms with van der Waals surface area (Å²) in [6.07, 6.45) is 0. The number of fused-ring (bicyclic) bond motifs is 1. The third-order valence-electron chi connectivity index (χ3n) is 4.20. The number of rotatable bonds is 2. The van der Waals surface area contributed by atoms with E-state index in [0.717, 1.165) is 19.6 Å². The van der Waals surface area contributed by atoms with E-state index in [0.29, 0.717) is 6.04 Å². The Balaban J connectivity index is 2.02. The zero-order valence-corrected chi connectivity index (χ0v) is 12.3. The van der Waals surface area contributed by atoms with Crippen LogP contribution in [0.3, 0.4) is 0 Å². The van der Waals surface area contributed by atoms with Gasteiger partial charge in [-0.1, -0.05) is 48.5 Å². The minimum Gasteiger partial charge on any atom is -0.363 e. The first-order valence-corrected chi connectivity index (χ1v) is 7.38. The highest BCUT2D eigenvalue weighted by Gasteiger charge is 2.22. The van der Waals surface area contributed by atoms with Crippen LogP contribution in [-0.2, 0) is 6.54 Å². The maximum Gasteiger partial charge on any atom is 0.0514 e. The van der Waals surface area contributed by atoms with Crippen LogP contribution < -0.4 is 10.2 Å². The van der Waals surface area contributed by atoms with Crippen LogP contribution >= 0.6 is 0 Å². The quantitative estimate of drug-likeness (QED) is 0.892. The lowest BCUT2D eigenvalue weighted by atomic mass is 10.0. The summed E-state index contributed by atoms with van der Waals surface area (Å²) in [5.74, 6) is 0. The molecule has 20 heavy (non-hydrogen) atoms. The fraction of sp³-hybridized carbons (Fsp3) is 0.333. The molecule has 0 bridgehead atoms. The first kappa shape index (κ1) is 13.2. The van der Waals surface area contributed by atoms with Gasteiger partial charge in [0.05, 0.1) is 6.04 Å². The molecule has 0 radical (unpaired) electrons. The average Bonchev–Trinajstić information content (AvgIpc) is 2.71. The second-order valence-electron chi connectivity index (χ2n) is 5.54. The molecule has 1 N–H and O–H groups in total. The van der Waals surface area contributed by atoms with Crippen molar-refractivity contribution in [2.75, 3.05) is 18.0 Å². The molecule has 1 atom stereocenters. The van der Waals surface area contributed by atoms with E-state index in [9.17, 15) is 0 Å². The molecule has 104 valence electrons. The monoisotopic (exact) mass is 266 g/mol. The minimum atomic E-state index is 0.399. The minimum absolute atomic E-state index is 0.399. The van der Waals surface area contributed by atoms with Crippen LogP contribution in [0.4, 0.5) is 5.69 Å². The van der Waals surface area contributed by atoms with Gasteiger partial charge in [-0.15, -0.1) is 0 Å². The number of aryl methyl sites for hydroxylation is 1. The van der Waals surface area contributed by atoms with E-state index in [-0.39, 0.29) is 0 Å². The van der Waals surface area contributed by atoms with Crippen LogP contribution in [0.15, 0.2) is 48.5 Å². The zero-order chi connectivity index (χ0) is 13.9. The maximum atomic E-state index is 3.53. The molecule has 0 saturated heterocycles. The summed E-state index contributed by atoms with van der Waals surface area (Å²) in [5, 5.41) is 3.53. The molecule has 0 saturated carbocycles. The molecule has 3 rings (SSSR count). The molecule has 1 unspecified atom stereocenters. The first-order valence-electron chi connectivity index (χ1n) is 7.38. The van der Waals surface area contributed by atoms with Gasteiger partial charge in [0.25, 0.3) is 0 Å². The normalized spacial score (nSPS) is 16.4. The molecule has 2 heteroatoms. The van der Waals surface area contributed by atoms with Crippen molar-refractivity contribution >= 4 is 5.69 Å². The number of benzene rings is 2. The standard InChI is InChI=1S/C18H22N2/c1-14-7-6-10-17-13-19-11-12-20(18(14)17)15(2)16-8-4-3-5-9-16/h3-10,15,19H,11-13H2,1-2H3. The molecule has 2 aromatic carbocycles. The Hall–Kier alpha value is -1.80. The molecule has 1 aliphatic rings. The highest BCUT2D eigenvalue weighted by Crippen LogP contribution is 2.33. The van der Waals surface area contributed by atoms with Crippen molar-refractivity contribution in [3.05, 3.63) is 65.2 Å². The Labute approximate surface area is 121 Å². The Bertz CT molecular complexity index is 577. The predicted molar refractivity (Wildman–Crippen MR) is 85.1 cm³/mol. The lowest BCUT2D eigenvalue weighted by molar-refractivity contribution is 0.638. The van der Waals surface area contributed by atoms with Gasteiger partial charge in [0.1, 0.15) is 0 Å². The van der Waals surface area contributed by atoms with E-state index in [1.54, 1.807) is 0 Å². The number of nitrogens with one attached hydrogen (secondary N) is 1. The molecule has 0 fully saturated rings. The van der Waals surface area contributed by atoms with Crippen LogP contribution in [0.1, 0.15) is 29.7 Å². The molecule has 0 aliphatic carbocycles. The topological polar surface area (TPSA) is 15.3 Å². The van der Waals surface area contributed by atoms with E-state index in [1.165, 1.54) is 22.4 Å². The molecule has 0 aromatic heterocycles. The van der Waals surface area contributed by atoms with Gasteiger partial charge in [-0.3, -0.25) is 0 Å². The third-order valence-corrected chi connectivity index (χ3v) is 4.20. The summed E-state index contributed by atoms with van der Waals surface area (Å²) in [6, 6.07) is 17.8. The third kappa shape index (κ3) is 2.44. The van der Waals surface area contributed by atoms with Gasteiger partial charge in [-0.2, -0.15) is 0 Å². The van der Waals surface area contributed by atoms with E-state index in [4.69, 9.17) is 0 Å². The van der Waals surface area contributed by atoms with E-state index in [1.807, 2.05) is 0 Å². The predicted octanol–water partition coefficient (Wildman–Crippen LogP) is 3.67. The average molecular weight is 266 g/mol. The number of nitrogens with zero attached hydrogens (tertiary/aromatic N) is 1. The molecule has 2 nitrogen and oxygen atoms in total. The number of anilines is 1. The molecule has 0 spiro atoms. The van der Waals surface area contributed by atoms with Gasteiger partial charge < -0.3 is 10.2 Å². The lowest BCUT2D eigenvalue weighted by Gasteiger charge is -2.33. The number of para-hydroxylation sites is 1. The van der Waals surface area contributed by atoms with Crippen LogP contribution in [0, 0.1) is 6.92 Å². The van der Waals surface area contributed by atoms with Crippen LogP contribution in [0.5, 0.6) is 0 Å². The molecular formula is C18H22N2. The maximum absolute atomic E-state index is 3.53. The van der Waals surface area contributed by atoms with Gasteiger partial charge >= 0.3 is 0 Å². The van der Waals surface area contributed by atoms with Crippen LogP contribution in [0.25, 0.3) is 0 Å². The fourth-order valence-corrected chi connectivity index (χ4v) is 3.11. The number of hydrogen-bond donors (Lipinski definition) is 1. The highest BCUT2D eigenvalue weighted by molar-refractivity contribution is 5.61. The van der Waals surface area contributed by atoms with Gasteiger partial charge in [0, 0.05) is 25.3 Å². The summed E-state index contributed by atoms with van der Waals surface area (Å²) in [6.45, 7) is 7.57. The largest absolute Gasteiger partial charge is 0.363 e. The van der Waals surface area contributed by atoms with Gasteiger partial charge in [0.2, 0.25) is 0 Å². The molecule has 1 heterocycles. The Kier molecular flexibility index (Phi) is 3.75. The summed E-state index contributed by atoms with van der Waals surface area (Å²) in [5.41, 5.74) is 5.57. The second kappa shape index (κ2) is 5.68. The van der Waals surface area contributed by atoms with E-state index in [2.05, 4.69) is 72.6 Å². The Morgan fingerprint density at radius 3 is 2.65 bits per heavy atom. The van der Waals surface area contributed by atoms with Gasteiger partial charge in [0.15, 0.2) is 0 Å². The van der Waals surface area contributed by atoms with E-state index < -0.39 is 0 Å². The van der Waals surface area contributed by atoms with E-state index >= 15 is 0 Å². The molecule has 2 aromatic rings. The smallest absolute Gasteiger partial charge is 0.0514 e. The molecule has 1 aliphatic heterocycles. The van der Waals surface area contributed by atoms with Crippen molar-refractivity contribution in [1.82, 2.24) is 5.32 Å². The Morgan fingerprint density at radius 1 is 1.05 bits per heavy atom. The second-order valence-corrected chi connectivity index (χ2v) is 5.54. The summed E-state index contributed by atoms with van der Waals surface area (Å²) < 4.78 is 0. The Morgan fingerprint density at radius 2 is 1.85 bits per heavy atom. The van der Waals surface area contributed by atoms with Gasteiger partial charge in [-0.25, -0.2) is 0 Å². The fourth-order valence-electron chi connectivity index (χ4n) is 3.11. The van der Waals surface area contributed by atoms with Crippen molar-refractivity contribution < 1.29 is 0 Å². The molecular weight excluding hydrogens is 244 g/mol. The van der Waals surface area contributed by atoms with Crippen LogP contribution in [0.2, 0.25) is 0 Å². The van der Waals surface area contributed by atoms with Crippen LogP contribution in [-0.4, -0.2) is 13.1 Å². The highest BCUT2D eigenvalue weighted by atomic mass is 15.2. The zero-order valence-electron chi connectivity index (χ0n) is 12.3. The summed E-state index contributed by atoms with van der Waals surface area (Å²) in [7, 11) is 0. The summed E-state index contributed by atoms with van der Waals surface area (Å²) >= 11 is 0. The lowest BCUT2D eigenvalue weighted by Crippen LogP contribution is -2.31. The van der Waals surface area contributed by atoms with Gasteiger partial charge in [-0.05, 0) is 30.5 Å². The van der Waals surface area contributed by atoms with Crippen molar-refractivity contribution in [3.8, 4) is 0 Å². The molecule has 0 amide bonds. The van der Waals surface area contributed by atoms with Crippen molar-refractivity contribution in [2.24, 2.45) is 0 Å².